The Morgan fingerprint density at radius 3 is 1.58 bits per heavy atom. The zero-order chi connectivity index (χ0) is 31.6. The molecule has 0 unspecified atom stereocenters. The molecule has 1 N–H and O–H groups in total. The van der Waals surface area contributed by atoms with Crippen LogP contribution in [0, 0.1) is 0 Å². The molecule has 0 spiro atoms. The van der Waals surface area contributed by atoms with Crippen LogP contribution in [0.2, 0.25) is 0 Å². The van der Waals surface area contributed by atoms with Gasteiger partial charge >= 0.3 is 0 Å². The van der Waals surface area contributed by atoms with Gasteiger partial charge in [-0.3, -0.25) is 0 Å². The van der Waals surface area contributed by atoms with E-state index < -0.39 is 0 Å². The van der Waals surface area contributed by atoms with E-state index in [4.69, 9.17) is 0 Å². The number of rotatable bonds is 4. The Morgan fingerprint density at radius 2 is 0.917 bits per heavy atom. The Morgan fingerprint density at radius 1 is 0.396 bits per heavy atom. The summed E-state index contributed by atoms with van der Waals surface area (Å²) in [5.41, 5.74) is 14.0. The van der Waals surface area contributed by atoms with Crippen LogP contribution in [0.1, 0.15) is 16.7 Å². The minimum absolute atomic E-state index is 0.946. The van der Waals surface area contributed by atoms with Gasteiger partial charge in [-0.05, 0) is 108 Å². The molecule has 0 atom stereocenters. The highest BCUT2D eigenvalue weighted by molar-refractivity contribution is 6.25. The van der Waals surface area contributed by atoms with Crippen LogP contribution in [0.3, 0.4) is 0 Å². The minimum atomic E-state index is 0.946. The Kier molecular flexibility index (Phi) is 6.01. The van der Waals surface area contributed by atoms with Crippen LogP contribution in [0.15, 0.2) is 164 Å². The summed E-state index contributed by atoms with van der Waals surface area (Å²) in [6.07, 6.45) is 3.33. The van der Waals surface area contributed by atoms with E-state index in [0.29, 0.717) is 0 Å². The number of benzene rings is 8. The van der Waals surface area contributed by atoms with Gasteiger partial charge in [0.2, 0.25) is 0 Å². The second-order valence-electron chi connectivity index (χ2n) is 12.9. The first-order valence-electron chi connectivity index (χ1n) is 16.7. The molecule has 224 valence electrons. The van der Waals surface area contributed by atoms with Crippen LogP contribution in [0.25, 0.3) is 88.4 Å². The van der Waals surface area contributed by atoms with Gasteiger partial charge < -0.3 is 4.98 Å². The number of hydrogen-bond acceptors (Lipinski definition) is 0. The zero-order valence-corrected chi connectivity index (χ0v) is 26.4. The standard InChI is InChI=1S/C47H31N/c1-2-14-31-26-35(25-30(31)13-1)36-18-6-8-20-38(36)46-40-22-10-11-23-41(40)47(43-28-33-16-4-3-15-32(33)27-42(43)46)39-21-9-7-19-37(39)45-29-34-17-5-12-24-44(34)48-45/h1-25,27-29,48H,26H2. The van der Waals surface area contributed by atoms with Gasteiger partial charge in [0.25, 0.3) is 0 Å². The van der Waals surface area contributed by atoms with Crippen molar-refractivity contribution in [3.63, 3.8) is 0 Å². The maximum absolute atomic E-state index is 3.73. The molecule has 48 heavy (non-hydrogen) atoms. The quantitative estimate of drug-likeness (QED) is 0.191. The van der Waals surface area contributed by atoms with Crippen LogP contribution in [0.4, 0.5) is 0 Å². The molecular formula is C47H31N. The third kappa shape index (κ3) is 4.18. The molecule has 1 aliphatic rings. The molecule has 0 radical (unpaired) electrons. The van der Waals surface area contributed by atoms with Gasteiger partial charge in [0.05, 0.1) is 0 Å². The van der Waals surface area contributed by atoms with E-state index >= 15 is 0 Å². The first-order valence-corrected chi connectivity index (χ1v) is 16.7. The molecule has 1 aliphatic carbocycles. The molecule has 9 aromatic rings. The molecule has 10 rings (SSSR count). The van der Waals surface area contributed by atoms with Crippen molar-refractivity contribution in [3.8, 4) is 33.5 Å². The van der Waals surface area contributed by atoms with Crippen molar-refractivity contribution >= 4 is 54.9 Å². The number of aromatic amines is 1. The number of allylic oxidation sites excluding steroid dienone is 1. The summed E-state index contributed by atoms with van der Waals surface area (Å²) in [4.78, 5) is 3.73. The molecule has 0 saturated carbocycles. The summed E-state index contributed by atoms with van der Waals surface area (Å²) in [6.45, 7) is 0. The number of aromatic nitrogens is 1. The fourth-order valence-electron chi connectivity index (χ4n) is 8.03. The monoisotopic (exact) mass is 609 g/mol. The largest absolute Gasteiger partial charge is 0.355 e. The predicted molar refractivity (Wildman–Crippen MR) is 205 cm³/mol. The molecule has 1 aromatic heterocycles. The molecule has 1 heterocycles. The van der Waals surface area contributed by atoms with E-state index in [1.807, 2.05) is 0 Å². The van der Waals surface area contributed by atoms with Gasteiger partial charge in [0.1, 0.15) is 0 Å². The lowest BCUT2D eigenvalue weighted by Crippen LogP contribution is -1.96. The summed E-state index contributed by atoms with van der Waals surface area (Å²) in [5, 5.41) is 8.79. The first-order chi connectivity index (χ1) is 23.8. The van der Waals surface area contributed by atoms with Crippen molar-refractivity contribution in [2.24, 2.45) is 0 Å². The van der Waals surface area contributed by atoms with E-state index in [1.165, 1.54) is 87.8 Å². The second kappa shape index (κ2) is 10.7. The fraction of sp³-hybridized carbons (Fsp3) is 0.0213. The lowest BCUT2D eigenvalue weighted by atomic mass is 9.82. The van der Waals surface area contributed by atoms with Crippen molar-refractivity contribution < 1.29 is 0 Å². The van der Waals surface area contributed by atoms with Crippen molar-refractivity contribution in [2.45, 2.75) is 6.42 Å². The van der Waals surface area contributed by atoms with Crippen molar-refractivity contribution in [3.05, 3.63) is 180 Å². The lowest BCUT2D eigenvalue weighted by Gasteiger charge is -2.21. The maximum Gasteiger partial charge on any atom is 0.0471 e. The van der Waals surface area contributed by atoms with Crippen molar-refractivity contribution in [2.75, 3.05) is 0 Å². The van der Waals surface area contributed by atoms with Gasteiger partial charge in [0.15, 0.2) is 0 Å². The number of para-hydroxylation sites is 1. The highest BCUT2D eigenvalue weighted by Gasteiger charge is 2.23. The number of hydrogen-bond donors (Lipinski definition) is 1. The minimum Gasteiger partial charge on any atom is -0.355 e. The summed E-state index contributed by atoms with van der Waals surface area (Å²) in [5.74, 6) is 0. The van der Waals surface area contributed by atoms with Crippen LogP contribution in [-0.2, 0) is 6.42 Å². The molecule has 0 fully saturated rings. The molecule has 0 saturated heterocycles. The van der Waals surface area contributed by atoms with E-state index in [0.717, 1.165) is 17.6 Å². The third-order valence-corrected chi connectivity index (χ3v) is 10.2. The van der Waals surface area contributed by atoms with E-state index in [-0.39, 0.29) is 0 Å². The molecule has 0 amide bonds. The topological polar surface area (TPSA) is 15.8 Å². The van der Waals surface area contributed by atoms with E-state index in [9.17, 15) is 0 Å². The summed E-state index contributed by atoms with van der Waals surface area (Å²) in [6, 6.07) is 60.2. The Balaban J connectivity index is 1.31. The van der Waals surface area contributed by atoms with Crippen LogP contribution in [-0.4, -0.2) is 4.98 Å². The highest BCUT2D eigenvalue weighted by Crippen LogP contribution is 2.49. The number of H-pyrrole nitrogens is 1. The summed E-state index contributed by atoms with van der Waals surface area (Å²) in [7, 11) is 0. The second-order valence-corrected chi connectivity index (χ2v) is 12.9. The molecule has 1 nitrogen and oxygen atoms in total. The summed E-state index contributed by atoms with van der Waals surface area (Å²) < 4.78 is 0. The van der Waals surface area contributed by atoms with Crippen molar-refractivity contribution in [1.29, 1.82) is 0 Å². The smallest absolute Gasteiger partial charge is 0.0471 e. The molecule has 0 bridgehead atoms. The Bertz CT molecular complexity index is 2720. The molecule has 0 aliphatic heterocycles. The Labute approximate surface area is 279 Å². The maximum atomic E-state index is 3.73. The van der Waals surface area contributed by atoms with Gasteiger partial charge in [-0.2, -0.15) is 0 Å². The van der Waals surface area contributed by atoms with E-state index in [2.05, 4.69) is 175 Å². The van der Waals surface area contributed by atoms with Crippen molar-refractivity contribution in [1.82, 2.24) is 4.98 Å². The van der Waals surface area contributed by atoms with Crippen LogP contribution < -0.4 is 0 Å². The van der Waals surface area contributed by atoms with E-state index in [1.54, 1.807) is 0 Å². The van der Waals surface area contributed by atoms with Gasteiger partial charge in [0, 0.05) is 22.2 Å². The summed E-state index contributed by atoms with van der Waals surface area (Å²) >= 11 is 0. The molecule has 1 heteroatoms. The van der Waals surface area contributed by atoms with Gasteiger partial charge in [-0.25, -0.2) is 0 Å². The predicted octanol–water partition coefficient (Wildman–Crippen LogP) is 12.7. The van der Waals surface area contributed by atoms with Crippen LogP contribution in [0.5, 0.6) is 0 Å². The Hall–Kier alpha value is -6.18. The van der Waals surface area contributed by atoms with Crippen LogP contribution >= 0.6 is 0 Å². The fourth-order valence-corrected chi connectivity index (χ4v) is 8.03. The SMILES string of the molecule is C1=C(c2ccccc2-c2c3ccccc3c(-c3ccccc3-c3cc4ccccc4[nH]3)c3cc4ccccc4cc23)Cc2ccccc21. The number of fused-ring (bicyclic) bond motifs is 5. The first kappa shape index (κ1) is 27.0. The van der Waals surface area contributed by atoms with Gasteiger partial charge in [-0.1, -0.05) is 146 Å². The third-order valence-electron chi connectivity index (χ3n) is 10.2. The molecular weight excluding hydrogens is 579 g/mol. The molecule has 8 aromatic carbocycles. The normalized spacial score (nSPS) is 12.6. The lowest BCUT2D eigenvalue weighted by molar-refractivity contribution is 1.32. The van der Waals surface area contributed by atoms with Gasteiger partial charge in [-0.15, -0.1) is 0 Å². The number of nitrogens with one attached hydrogen (secondary N) is 1. The zero-order valence-electron chi connectivity index (χ0n) is 26.4. The highest BCUT2D eigenvalue weighted by atomic mass is 14.7. The average molecular weight is 610 g/mol. The average Bonchev–Trinajstić information content (AvgIpc) is 3.78.